The van der Waals surface area contributed by atoms with Crippen molar-refractivity contribution in [2.24, 2.45) is 0 Å². The van der Waals surface area contributed by atoms with Crippen LogP contribution >= 0.6 is 15.9 Å². The Kier molecular flexibility index (Phi) is 3.16. The van der Waals surface area contributed by atoms with Crippen molar-refractivity contribution in [2.75, 3.05) is 0 Å². The topological polar surface area (TPSA) is 43.4 Å². The summed E-state index contributed by atoms with van der Waals surface area (Å²) in [5.41, 5.74) is 3.98. The van der Waals surface area contributed by atoms with Gasteiger partial charge in [0.1, 0.15) is 16.9 Å². The van der Waals surface area contributed by atoms with Crippen LogP contribution < -0.4 is 5.63 Å². The van der Waals surface area contributed by atoms with Crippen LogP contribution in [0.25, 0.3) is 33.3 Å². The van der Waals surface area contributed by atoms with Gasteiger partial charge in [-0.2, -0.15) is 0 Å². The molecule has 3 nitrogen and oxygen atoms in total. The lowest BCUT2D eigenvalue weighted by atomic mass is 10.0. The van der Waals surface area contributed by atoms with Crippen molar-refractivity contribution in [1.82, 2.24) is 0 Å². The highest BCUT2D eigenvalue weighted by Crippen LogP contribution is 2.34. The van der Waals surface area contributed by atoms with Gasteiger partial charge in [0.05, 0.1) is 0 Å². The molecule has 0 aliphatic carbocycles. The third-order valence-corrected chi connectivity index (χ3v) is 4.60. The van der Waals surface area contributed by atoms with Gasteiger partial charge in [0, 0.05) is 26.9 Å². The second kappa shape index (κ2) is 5.10. The Balaban J connectivity index is 2.06. The van der Waals surface area contributed by atoms with Crippen LogP contribution in [0.15, 0.2) is 60.6 Å². The molecule has 2 heterocycles. The van der Waals surface area contributed by atoms with E-state index in [1.807, 2.05) is 50.2 Å². The monoisotopic (exact) mass is 368 g/mol. The number of fused-ring (bicyclic) bond motifs is 2. The Morgan fingerprint density at radius 3 is 2.48 bits per heavy atom. The fraction of sp³-hybridized carbons (Fsp3) is 0.105. The molecule has 0 unspecified atom stereocenters. The van der Waals surface area contributed by atoms with E-state index in [0.29, 0.717) is 11.3 Å². The highest BCUT2D eigenvalue weighted by Gasteiger charge is 2.13. The molecule has 0 atom stereocenters. The summed E-state index contributed by atoms with van der Waals surface area (Å²) in [5.74, 6) is 0.666. The first-order chi connectivity index (χ1) is 11.0. The maximum Gasteiger partial charge on any atom is 0.336 e. The third kappa shape index (κ3) is 2.39. The molecule has 114 valence electrons. The lowest BCUT2D eigenvalue weighted by Gasteiger charge is -2.06. The lowest BCUT2D eigenvalue weighted by Crippen LogP contribution is -1.98. The summed E-state index contributed by atoms with van der Waals surface area (Å²) < 4.78 is 12.3. The average molecular weight is 369 g/mol. The SMILES string of the molecule is Cc1cc2oc(=O)cc(-c3cc4cc(Br)ccc4o3)c2cc1C. The predicted molar refractivity (Wildman–Crippen MR) is 94.9 cm³/mol. The van der Waals surface area contributed by atoms with Crippen LogP contribution in [-0.2, 0) is 0 Å². The van der Waals surface area contributed by atoms with E-state index in [0.717, 1.165) is 37.5 Å². The largest absolute Gasteiger partial charge is 0.456 e. The first kappa shape index (κ1) is 14.3. The van der Waals surface area contributed by atoms with Crippen LogP contribution in [0, 0.1) is 13.8 Å². The molecule has 0 aliphatic rings. The van der Waals surface area contributed by atoms with Crippen LogP contribution in [0.5, 0.6) is 0 Å². The minimum absolute atomic E-state index is 0.377. The van der Waals surface area contributed by atoms with E-state index in [9.17, 15) is 4.79 Å². The average Bonchev–Trinajstić information content (AvgIpc) is 2.91. The number of furan rings is 1. The van der Waals surface area contributed by atoms with Crippen molar-refractivity contribution in [2.45, 2.75) is 13.8 Å². The van der Waals surface area contributed by atoms with Crippen molar-refractivity contribution in [3.05, 3.63) is 68.5 Å². The molecular formula is C19H13BrO3. The highest BCUT2D eigenvalue weighted by molar-refractivity contribution is 9.10. The Bertz CT molecular complexity index is 1120. The summed E-state index contributed by atoms with van der Waals surface area (Å²) in [4.78, 5) is 11.9. The smallest absolute Gasteiger partial charge is 0.336 e. The van der Waals surface area contributed by atoms with Gasteiger partial charge in [0.15, 0.2) is 0 Å². The van der Waals surface area contributed by atoms with E-state index in [1.54, 1.807) is 0 Å². The van der Waals surface area contributed by atoms with Crippen LogP contribution in [0.1, 0.15) is 11.1 Å². The van der Waals surface area contributed by atoms with Gasteiger partial charge in [-0.15, -0.1) is 0 Å². The molecular weight excluding hydrogens is 356 g/mol. The van der Waals surface area contributed by atoms with Crippen molar-refractivity contribution in [3.8, 4) is 11.3 Å². The van der Waals surface area contributed by atoms with Crippen molar-refractivity contribution >= 4 is 37.9 Å². The van der Waals surface area contributed by atoms with Gasteiger partial charge in [0.2, 0.25) is 0 Å². The molecule has 0 saturated carbocycles. The Labute approximate surface area is 140 Å². The fourth-order valence-corrected chi connectivity index (χ4v) is 3.15. The molecule has 0 bridgehead atoms. The van der Waals surface area contributed by atoms with E-state index < -0.39 is 0 Å². The second-order valence-corrected chi connectivity index (χ2v) is 6.62. The van der Waals surface area contributed by atoms with Crippen LogP contribution in [0.4, 0.5) is 0 Å². The zero-order chi connectivity index (χ0) is 16.1. The molecule has 2 aromatic carbocycles. The second-order valence-electron chi connectivity index (χ2n) is 5.70. The molecule has 0 N–H and O–H groups in total. The van der Waals surface area contributed by atoms with Crippen molar-refractivity contribution < 1.29 is 8.83 Å². The number of benzene rings is 2. The minimum atomic E-state index is -0.377. The third-order valence-electron chi connectivity index (χ3n) is 4.10. The lowest BCUT2D eigenvalue weighted by molar-refractivity contribution is 0.559. The van der Waals surface area contributed by atoms with E-state index in [4.69, 9.17) is 8.83 Å². The molecule has 0 saturated heterocycles. The number of hydrogen-bond acceptors (Lipinski definition) is 3. The molecule has 0 aliphatic heterocycles. The van der Waals surface area contributed by atoms with E-state index >= 15 is 0 Å². The number of halogens is 1. The molecule has 2 aromatic heterocycles. The molecule has 4 heteroatoms. The Hall–Kier alpha value is -2.33. The van der Waals surface area contributed by atoms with Crippen LogP contribution in [0.2, 0.25) is 0 Å². The molecule has 0 amide bonds. The van der Waals surface area contributed by atoms with Crippen LogP contribution in [-0.4, -0.2) is 0 Å². The summed E-state index contributed by atoms with van der Waals surface area (Å²) in [7, 11) is 0. The molecule has 0 radical (unpaired) electrons. The molecule has 0 spiro atoms. The molecule has 23 heavy (non-hydrogen) atoms. The van der Waals surface area contributed by atoms with Gasteiger partial charge in [-0.1, -0.05) is 15.9 Å². The van der Waals surface area contributed by atoms with Crippen molar-refractivity contribution in [3.63, 3.8) is 0 Å². The Morgan fingerprint density at radius 1 is 0.870 bits per heavy atom. The van der Waals surface area contributed by atoms with E-state index in [1.165, 1.54) is 6.07 Å². The van der Waals surface area contributed by atoms with Gasteiger partial charge in [0.25, 0.3) is 0 Å². The standard InChI is InChI=1S/C19H13BrO3/c1-10-5-14-15(9-19(21)23-17(14)6-11(10)2)18-8-12-7-13(20)3-4-16(12)22-18/h3-9H,1-2H3. The van der Waals surface area contributed by atoms with Gasteiger partial charge in [-0.05, 0) is 61.4 Å². The molecule has 4 rings (SSSR count). The summed E-state index contributed by atoms with van der Waals surface area (Å²) in [6, 6.07) is 13.2. The summed E-state index contributed by atoms with van der Waals surface area (Å²) in [6.45, 7) is 4.04. The number of hydrogen-bond donors (Lipinski definition) is 0. The maximum atomic E-state index is 11.9. The van der Waals surface area contributed by atoms with Gasteiger partial charge >= 0.3 is 5.63 Å². The van der Waals surface area contributed by atoms with Gasteiger partial charge < -0.3 is 8.83 Å². The maximum absolute atomic E-state index is 11.9. The summed E-state index contributed by atoms with van der Waals surface area (Å²) in [5, 5.41) is 1.87. The first-order valence-electron chi connectivity index (χ1n) is 7.26. The number of aryl methyl sites for hydroxylation is 2. The predicted octanol–water partition coefficient (Wildman–Crippen LogP) is 5.59. The Morgan fingerprint density at radius 2 is 1.65 bits per heavy atom. The summed E-state index contributed by atoms with van der Waals surface area (Å²) in [6.07, 6.45) is 0. The zero-order valence-electron chi connectivity index (χ0n) is 12.6. The van der Waals surface area contributed by atoms with Crippen LogP contribution in [0.3, 0.4) is 0 Å². The highest BCUT2D eigenvalue weighted by atomic mass is 79.9. The molecule has 0 fully saturated rings. The first-order valence-corrected chi connectivity index (χ1v) is 8.05. The van der Waals surface area contributed by atoms with Gasteiger partial charge in [-0.25, -0.2) is 4.79 Å². The van der Waals surface area contributed by atoms with E-state index in [-0.39, 0.29) is 5.63 Å². The molecule has 4 aromatic rings. The minimum Gasteiger partial charge on any atom is -0.456 e. The normalized spacial score (nSPS) is 11.4. The quantitative estimate of drug-likeness (QED) is 0.411. The van der Waals surface area contributed by atoms with E-state index in [2.05, 4.69) is 15.9 Å². The fourth-order valence-electron chi connectivity index (χ4n) is 2.77. The van der Waals surface area contributed by atoms with Gasteiger partial charge in [-0.3, -0.25) is 0 Å². The number of rotatable bonds is 1. The summed E-state index contributed by atoms with van der Waals surface area (Å²) >= 11 is 3.46. The zero-order valence-corrected chi connectivity index (χ0v) is 14.2. The van der Waals surface area contributed by atoms with Crippen molar-refractivity contribution in [1.29, 1.82) is 0 Å².